The van der Waals surface area contributed by atoms with E-state index in [0.29, 0.717) is 11.8 Å². The van der Waals surface area contributed by atoms with Crippen molar-refractivity contribution in [2.45, 2.75) is 6.61 Å². The summed E-state index contributed by atoms with van der Waals surface area (Å²) in [7, 11) is 0. The predicted molar refractivity (Wildman–Crippen MR) is 51.8 cm³/mol. The highest BCUT2D eigenvalue weighted by Gasteiger charge is 2.09. The second-order valence-electron chi connectivity index (χ2n) is 2.97. The van der Waals surface area contributed by atoms with Crippen LogP contribution >= 0.6 is 0 Å². The van der Waals surface area contributed by atoms with Crippen LogP contribution in [-0.4, -0.2) is 23.1 Å². The van der Waals surface area contributed by atoms with E-state index in [1.54, 1.807) is 0 Å². The van der Waals surface area contributed by atoms with E-state index in [4.69, 9.17) is 4.42 Å². The average molecular weight is 240 g/mol. The van der Waals surface area contributed by atoms with Crippen LogP contribution in [-0.2, 0) is 0 Å². The number of hydrogen-bond acceptors (Lipinski definition) is 5. The molecule has 0 amide bonds. The lowest BCUT2D eigenvalue weighted by Crippen LogP contribution is -2.01. The van der Waals surface area contributed by atoms with Crippen LogP contribution < -0.4 is 4.74 Å². The largest absolute Gasteiger partial charge is 0.435 e. The van der Waals surface area contributed by atoms with E-state index in [9.17, 15) is 13.6 Å². The first-order valence-electron chi connectivity index (χ1n) is 4.53. The summed E-state index contributed by atoms with van der Waals surface area (Å²) in [4.78, 5) is 10.3. The molecule has 0 saturated heterocycles. The van der Waals surface area contributed by atoms with Gasteiger partial charge in [-0.3, -0.25) is 4.79 Å². The molecule has 88 valence electrons. The molecule has 0 aliphatic rings. The Bertz CT molecular complexity index is 511. The van der Waals surface area contributed by atoms with Gasteiger partial charge in [0.05, 0.1) is 0 Å². The molecule has 0 aliphatic heterocycles. The van der Waals surface area contributed by atoms with E-state index in [-0.39, 0.29) is 17.5 Å². The van der Waals surface area contributed by atoms with Crippen molar-refractivity contribution in [2.75, 3.05) is 0 Å². The number of carbonyl (C=O) groups excluding carboxylic acids is 1. The number of ether oxygens (including phenoxy) is 1. The molecule has 17 heavy (non-hydrogen) atoms. The zero-order chi connectivity index (χ0) is 12.3. The molecule has 0 radical (unpaired) electrons. The molecule has 1 heterocycles. The Labute approximate surface area is 94.0 Å². The van der Waals surface area contributed by atoms with E-state index in [0.717, 1.165) is 0 Å². The van der Waals surface area contributed by atoms with E-state index in [1.807, 2.05) is 0 Å². The number of hydrogen-bond donors (Lipinski definition) is 0. The lowest BCUT2D eigenvalue weighted by Gasteiger charge is -2.03. The van der Waals surface area contributed by atoms with Gasteiger partial charge < -0.3 is 9.15 Å². The Kier molecular flexibility index (Phi) is 3.08. The van der Waals surface area contributed by atoms with Gasteiger partial charge in [-0.2, -0.15) is 8.78 Å². The molecule has 7 heteroatoms. The van der Waals surface area contributed by atoms with Crippen molar-refractivity contribution >= 4 is 6.29 Å². The lowest BCUT2D eigenvalue weighted by molar-refractivity contribution is -0.0498. The number of aldehydes is 1. The summed E-state index contributed by atoms with van der Waals surface area (Å²) in [5.41, 5.74) is 0.507. The third kappa shape index (κ3) is 2.63. The normalized spacial score (nSPS) is 10.5. The van der Waals surface area contributed by atoms with Gasteiger partial charge in [-0.1, -0.05) is 0 Å². The van der Waals surface area contributed by atoms with Gasteiger partial charge in [-0.15, -0.1) is 10.2 Å². The molecule has 0 unspecified atom stereocenters. The van der Waals surface area contributed by atoms with Crippen LogP contribution in [0.5, 0.6) is 5.75 Å². The van der Waals surface area contributed by atoms with Crippen molar-refractivity contribution in [3.8, 4) is 17.2 Å². The molecule has 0 aliphatic carbocycles. The van der Waals surface area contributed by atoms with Gasteiger partial charge in [0.1, 0.15) is 5.75 Å². The first-order chi connectivity index (χ1) is 8.19. The Morgan fingerprint density at radius 1 is 1.24 bits per heavy atom. The van der Waals surface area contributed by atoms with Crippen molar-refractivity contribution in [3.63, 3.8) is 0 Å². The molecule has 0 bridgehead atoms. The van der Waals surface area contributed by atoms with Gasteiger partial charge in [0.15, 0.2) is 0 Å². The molecular weight excluding hydrogens is 234 g/mol. The van der Waals surface area contributed by atoms with Crippen molar-refractivity contribution in [1.82, 2.24) is 10.2 Å². The van der Waals surface area contributed by atoms with E-state index in [1.165, 1.54) is 24.3 Å². The van der Waals surface area contributed by atoms with Crippen LogP contribution in [0.2, 0.25) is 0 Å². The van der Waals surface area contributed by atoms with Crippen molar-refractivity contribution in [2.24, 2.45) is 0 Å². The van der Waals surface area contributed by atoms with E-state index < -0.39 is 6.61 Å². The zero-order valence-corrected chi connectivity index (χ0v) is 8.34. The highest BCUT2D eigenvalue weighted by Crippen LogP contribution is 2.21. The van der Waals surface area contributed by atoms with Crippen LogP contribution in [0.4, 0.5) is 8.78 Å². The SMILES string of the molecule is O=Cc1nnc(-c2ccc(OC(F)F)cc2)o1. The van der Waals surface area contributed by atoms with Gasteiger partial charge in [0.25, 0.3) is 5.89 Å². The quantitative estimate of drug-likeness (QED) is 0.766. The molecular formula is C10H6F2N2O3. The molecule has 0 atom stereocenters. The topological polar surface area (TPSA) is 65.2 Å². The van der Waals surface area contributed by atoms with Crippen LogP contribution in [0.25, 0.3) is 11.5 Å². The molecule has 0 saturated carbocycles. The molecule has 5 nitrogen and oxygen atoms in total. The second kappa shape index (κ2) is 4.69. The lowest BCUT2D eigenvalue weighted by atomic mass is 10.2. The summed E-state index contributed by atoms with van der Waals surface area (Å²) in [6, 6.07) is 5.62. The summed E-state index contributed by atoms with van der Waals surface area (Å²) < 4.78 is 32.9. The second-order valence-corrected chi connectivity index (χ2v) is 2.97. The van der Waals surface area contributed by atoms with Gasteiger partial charge >= 0.3 is 6.61 Å². The zero-order valence-electron chi connectivity index (χ0n) is 8.34. The van der Waals surface area contributed by atoms with Crippen molar-refractivity contribution in [3.05, 3.63) is 30.2 Å². The monoisotopic (exact) mass is 240 g/mol. The number of halogens is 2. The summed E-state index contributed by atoms with van der Waals surface area (Å²) in [6.07, 6.45) is 0.421. The first-order valence-corrected chi connectivity index (χ1v) is 4.53. The maximum atomic E-state index is 11.9. The minimum absolute atomic E-state index is 0.0267. The maximum Gasteiger partial charge on any atom is 0.387 e. The standard InChI is InChI=1S/C10H6F2N2O3/c11-10(12)16-7-3-1-6(2-4-7)9-14-13-8(5-15)17-9/h1-5,10H. The number of alkyl halides is 2. The highest BCUT2D eigenvalue weighted by atomic mass is 19.3. The predicted octanol–water partition coefficient (Wildman–Crippen LogP) is 2.15. The van der Waals surface area contributed by atoms with E-state index in [2.05, 4.69) is 14.9 Å². The number of benzene rings is 1. The Morgan fingerprint density at radius 2 is 1.94 bits per heavy atom. The van der Waals surface area contributed by atoms with Gasteiger partial charge in [0, 0.05) is 5.56 Å². The summed E-state index contributed by atoms with van der Waals surface area (Å²) in [6.45, 7) is -2.87. The van der Waals surface area contributed by atoms with Gasteiger partial charge in [0.2, 0.25) is 12.2 Å². The summed E-state index contributed by atoms with van der Waals surface area (Å²) >= 11 is 0. The summed E-state index contributed by atoms with van der Waals surface area (Å²) in [5, 5.41) is 7.06. The molecule has 0 spiro atoms. The Hall–Kier alpha value is -2.31. The molecule has 0 N–H and O–H groups in total. The first kappa shape index (κ1) is 11.2. The number of rotatable bonds is 4. The smallest absolute Gasteiger partial charge is 0.387 e. The number of carbonyl (C=O) groups is 1. The minimum atomic E-state index is -2.87. The Morgan fingerprint density at radius 3 is 2.47 bits per heavy atom. The van der Waals surface area contributed by atoms with Crippen LogP contribution in [0.3, 0.4) is 0 Å². The van der Waals surface area contributed by atoms with Gasteiger partial charge in [-0.25, -0.2) is 0 Å². The fraction of sp³-hybridized carbons (Fsp3) is 0.100. The minimum Gasteiger partial charge on any atom is -0.435 e. The molecule has 0 fully saturated rings. The average Bonchev–Trinajstić information content (AvgIpc) is 2.78. The van der Waals surface area contributed by atoms with Crippen molar-refractivity contribution in [1.29, 1.82) is 0 Å². The fourth-order valence-electron chi connectivity index (χ4n) is 1.18. The van der Waals surface area contributed by atoms with E-state index >= 15 is 0 Å². The molecule has 1 aromatic heterocycles. The maximum absolute atomic E-state index is 11.9. The highest BCUT2D eigenvalue weighted by molar-refractivity contribution is 5.68. The molecule has 2 aromatic rings. The number of nitrogens with zero attached hydrogens (tertiary/aromatic N) is 2. The molecule has 1 aromatic carbocycles. The van der Waals surface area contributed by atoms with Crippen molar-refractivity contribution < 1.29 is 22.7 Å². The third-order valence-electron chi connectivity index (χ3n) is 1.87. The fourth-order valence-corrected chi connectivity index (χ4v) is 1.18. The third-order valence-corrected chi connectivity index (χ3v) is 1.87. The number of aromatic nitrogens is 2. The van der Waals surface area contributed by atoms with Crippen LogP contribution in [0.1, 0.15) is 10.7 Å². The molecule has 2 rings (SSSR count). The van der Waals surface area contributed by atoms with Crippen LogP contribution in [0.15, 0.2) is 28.7 Å². The summed E-state index contributed by atoms with van der Waals surface area (Å²) in [5.74, 6) is 0.0162. The Balaban J connectivity index is 2.19. The van der Waals surface area contributed by atoms with Gasteiger partial charge in [-0.05, 0) is 24.3 Å². The van der Waals surface area contributed by atoms with Crippen LogP contribution in [0, 0.1) is 0 Å².